The maximum atomic E-state index is 13.0. The zero-order valence-corrected chi connectivity index (χ0v) is 21.9. The van der Waals surface area contributed by atoms with Crippen LogP contribution in [0.3, 0.4) is 0 Å². The Labute approximate surface area is 224 Å². The maximum Gasteiger partial charge on any atom is 0.416 e. The number of hydrogen-bond acceptors (Lipinski definition) is 3. The predicted octanol–water partition coefficient (Wildman–Crippen LogP) is 6.87. The molecule has 204 valence electrons. The number of carbonyl (C=O) groups excluding carboxylic acids is 1. The van der Waals surface area contributed by atoms with Gasteiger partial charge in [-0.3, -0.25) is 14.3 Å². The van der Waals surface area contributed by atoms with Crippen LogP contribution >= 0.6 is 0 Å². The molecule has 0 saturated carbocycles. The second-order valence-corrected chi connectivity index (χ2v) is 10.1. The highest BCUT2D eigenvalue weighted by Gasteiger charge is 2.30. The summed E-state index contributed by atoms with van der Waals surface area (Å²) < 4.78 is 40.9. The zero-order valence-electron chi connectivity index (χ0n) is 21.9. The van der Waals surface area contributed by atoms with Crippen LogP contribution in [0.4, 0.5) is 13.2 Å². The first-order valence-electron chi connectivity index (χ1n) is 12.7. The molecule has 0 radical (unpaired) electrons. The van der Waals surface area contributed by atoms with E-state index in [9.17, 15) is 22.8 Å². The molecule has 0 aliphatic heterocycles. The number of carboxylic acids is 1. The molecule has 6 nitrogen and oxygen atoms in total. The molecule has 0 spiro atoms. The number of fused-ring (bicyclic) bond motifs is 1. The Kier molecular flexibility index (Phi) is 8.09. The van der Waals surface area contributed by atoms with Gasteiger partial charge in [0, 0.05) is 23.7 Å². The first-order valence-corrected chi connectivity index (χ1v) is 12.7. The molecule has 1 amide bonds. The van der Waals surface area contributed by atoms with E-state index in [2.05, 4.69) is 19.2 Å². The maximum absolute atomic E-state index is 13.0. The topological polar surface area (TPSA) is 84.2 Å². The lowest BCUT2D eigenvalue weighted by atomic mass is 9.96. The highest BCUT2D eigenvalue weighted by atomic mass is 19.4. The van der Waals surface area contributed by atoms with E-state index >= 15 is 0 Å². The van der Waals surface area contributed by atoms with Crippen LogP contribution in [0.1, 0.15) is 59.8 Å². The summed E-state index contributed by atoms with van der Waals surface area (Å²) in [5, 5.41) is 17.1. The molecular weight excluding hydrogens is 507 g/mol. The Morgan fingerprint density at radius 1 is 1.03 bits per heavy atom. The number of aromatic nitrogens is 2. The van der Waals surface area contributed by atoms with Gasteiger partial charge in [-0.15, -0.1) is 0 Å². The Bertz CT molecular complexity index is 1470. The van der Waals surface area contributed by atoms with Gasteiger partial charge in [-0.25, -0.2) is 0 Å². The minimum absolute atomic E-state index is 0.0552. The molecule has 39 heavy (non-hydrogen) atoms. The summed E-state index contributed by atoms with van der Waals surface area (Å²) in [7, 11) is 0. The van der Waals surface area contributed by atoms with Crippen molar-refractivity contribution in [3.8, 4) is 11.1 Å². The fourth-order valence-electron chi connectivity index (χ4n) is 4.59. The summed E-state index contributed by atoms with van der Waals surface area (Å²) in [6.07, 6.45) is -1.79. The largest absolute Gasteiger partial charge is 0.481 e. The van der Waals surface area contributed by atoms with Gasteiger partial charge >= 0.3 is 12.1 Å². The van der Waals surface area contributed by atoms with Crippen LogP contribution in [0.15, 0.2) is 66.9 Å². The van der Waals surface area contributed by atoms with Crippen molar-refractivity contribution in [2.24, 2.45) is 5.92 Å². The molecule has 0 aliphatic carbocycles. The number of aliphatic carboxylic acids is 1. The van der Waals surface area contributed by atoms with Gasteiger partial charge in [0.25, 0.3) is 5.91 Å². The molecule has 1 unspecified atom stereocenters. The normalized spacial score (nSPS) is 12.6. The van der Waals surface area contributed by atoms with Crippen LogP contribution in [0.25, 0.3) is 22.0 Å². The van der Waals surface area contributed by atoms with Crippen LogP contribution in [0, 0.1) is 12.8 Å². The van der Waals surface area contributed by atoms with Gasteiger partial charge in [0.2, 0.25) is 0 Å². The standard InChI is InChI=1S/C30H30F3N3O3/c1-18(2)14-27(21-4-6-22(7-5-21)29(39)34-13-12-28(37)38)36-17-23-16-25(19(3)15-26(23)35-36)20-8-10-24(11-9-20)30(31,32)33/h4-11,15-18,27H,12-14H2,1-3H3,(H,34,39)(H,37,38). The number of aryl methyl sites for hydroxylation is 1. The van der Waals surface area contributed by atoms with Crippen molar-refractivity contribution in [1.29, 1.82) is 0 Å². The van der Waals surface area contributed by atoms with E-state index in [0.717, 1.165) is 46.1 Å². The Hall–Kier alpha value is -4.14. The second kappa shape index (κ2) is 11.3. The average Bonchev–Trinajstić information content (AvgIpc) is 3.28. The summed E-state index contributed by atoms with van der Waals surface area (Å²) >= 11 is 0. The Morgan fingerprint density at radius 3 is 2.28 bits per heavy atom. The van der Waals surface area contributed by atoms with Crippen LogP contribution in [0.5, 0.6) is 0 Å². The molecule has 1 heterocycles. The number of benzene rings is 3. The van der Waals surface area contributed by atoms with E-state index in [1.807, 2.05) is 42.1 Å². The molecule has 1 aromatic heterocycles. The van der Waals surface area contributed by atoms with Gasteiger partial charge in [-0.1, -0.05) is 38.1 Å². The van der Waals surface area contributed by atoms with Gasteiger partial charge in [-0.05, 0) is 77.9 Å². The number of halogens is 3. The molecule has 3 aromatic carbocycles. The first-order chi connectivity index (χ1) is 18.4. The van der Waals surface area contributed by atoms with Gasteiger partial charge in [0.05, 0.1) is 23.5 Å². The molecule has 2 N–H and O–H groups in total. The van der Waals surface area contributed by atoms with Crippen LogP contribution in [-0.4, -0.2) is 33.3 Å². The number of nitrogens with zero attached hydrogens (tertiary/aromatic N) is 2. The van der Waals surface area contributed by atoms with Crippen LogP contribution in [-0.2, 0) is 11.0 Å². The molecule has 0 aliphatic rings. The summed E-state index contributed by atoms with van der Waals surface area (Å²) in [6.45, 7) is 6.21. The number of alkyl halides is 3. The third-order valence-corrected chi connectivity index (χ3v) is 6.59. The minimum atomic E-state index is -4.38. The van der Waals surface area contributed by atoms with Crippen LogP contribution in [0.2, 0.25) is 0 Å². The molecular formula is C30H30F3N3O3. The predicted molar refractivity (Wildman–Crippen MR) is 144 cm³/mol. The molecule has 4 aromatic rings. The first kappa shape index (κ1) is 27.9. The van der Waals surface area contributed by atoms with Gasteiger partial charge < -0.3 is 10.4 Å². The van der Waals surface area contributed by atoms with Gasteiger partial charge in [-0.2, -0.15) is 18.3 Å². The smallest absolute Gasteiger partial charge is 0.416 e. The van der Waals surface area contributed by atoms with E-state index in [1.54, 1.807) is 12.1 Å². The molecule has 0 fully saturated rings. The third kappa shape index (κ3) is 6.66. The molecule has 4 rings (SSSR count). The fraction of sp³-hybridized carbons (Fsp3) is 0.300. The van der Waals surface area contributed by atoms with Gasteiger partial charge in [0.15, 0.2) is 0 Å². The van der Waals surface area contributed by atoms with Gasteiger partial charge in [0.1, 0.15) is 0 Å². The van der Waals surface area contributed by atoms with E-state index in [-0.39, 0.29) is 24.9 Å². The summed E-state index contributed by atoms with van der Waals surface area (Å²) in [4.78, 5) is 23.0. The monoisotopic (exact) mass is 537 g/mol. The fourth-order valence-corrected chi connectivity index (χ4v) is 4.59. The van der Waals surface area contributed by atoms with E-state index in [4.69, 9.17) is 10.2 Å². The Morgan fingerprint density at radius 2 is 1.69 bits per heavy atom. The lowest BCUT2D eigenvalue weighted by Gasteiger charge is -2.20. The number of hydrogen-bond donors (Lipinski definition) is 2. The highest BCUT2D eigenvalue weighted by molar-refractivity contribution is 5.94. The molecule has 9 heteroatoms. The van der Waals surface area contributed by atoms with Crippen LogP contribution < -0.4 is 5.32 Å². The summed E-state index contributed by atoms with van der Waals surface area (Å²) in [5.74, 6) is -0.958. The number of amides is 1. The number of rotatable bonds is 9. The zero-order chi connectivity index (χ0) is 28.3. The summed E-state index contributed by atoms with van der Waals surface area (Å²) in [6, 6.07) is 16.2. The average molecular weight is 538 g/mol. The van der Waals surface area contributed by atoms with Crippen molar-refractivity contribution in [2.75, 3.05) is 6.54 Å². The van der Waals surface area contributed by atoms with Crippen molar-refractivity contribution in [3.05, 3.63) is 89.1 Å². The molecule has 1 atom stereocenters. The van der Waals surface area contributed by atoms with Crippen molar-refractivity contribution in [3.63, 3.8) is 0 Å². The number of nitrogens with one attached hydrogen (secondary N) is 1. The van der Waals surface area contributed by atoms with Crippen molar-refractivity contribution in [1.82, 2.24) is 15.1 Å². The lowest BCUT2D eigenvalue weighted by molar-refractivity contribution is -0.138. The van der Waals surface area contributed by atoms with E-state index < -0.39 is 17.7 Å². The van der Waals surface area contributed by atoms with E-state index in [1.165, 1.54) is 12.1 Å². The second-order valence-electron chi connectivity index (χ2n) is 10.1. The molecule has 0 saturated heterocycles. The summed E-state index contributed by atoms with van der Waals surface area (Å²) in [5.41, 5.74) is 3.96. The van der Waals surface area contributed by atoms with E-state index in [0.29, 0.717) is 17.0 Å². The number of carboxylic acid groups (broad SMARTS) is 1. The Balaban J connectivity index is 1.62. The minimum Gasteiger partial charge on any atom is -0.481 e. The van der Waals surface area contributed by atoms with Crippen molar-refractivity contribution in [2.45, 2.75) is 45.8 Å². The quantitative estimate of drug-likeness (QED) is 0.244. The SMILES string of the molecule is Cc1cc2nn(C(CC(C)C)c3ccc(C(=O)NCCC(=O)O)cc3)cc2cc1-c1ccc(C(F)(F)F)cc1. The highest BCUT2D eigenvalue weighted by Crippen LogP contribution is 2.34. The number of carbonyl (C=O) groups is 2. The van der Waals surface area contributed by atoms with Crippen molar-refractivity contribution >= 4 is 22.8 Å². The lowest BCUT2D eigenvalue weighted by Crippen LogP contribution is -2.26. The third-order valence-electron chi connectivity index (χ3n) is 6.59. The van der Waals surface area contributed by atoms with Crippen molar-refractivity contribution < 1.29 is 27.9 Å². The molecule has 0 bridgehead atoms.